The van der Waals surface area contributed by atoms with Crippen LogP contribution in [-0.2, 0) is 9.05 Å². The Kier molecular flexibility index (Phi) is 4.13. The van der Waals surface area contributed by atoms with E-state index >= 15 is 0 Å². The third kappa shape index (κ3) is 3.97. The van der Waals surface area contributed by atoms with Crippen molar-refractivity contribution in [3.05, 3.63) is 0 Å². The van der Waals surface area contributed by atoms with Crippen LogP contribution in [0.25, 0.3) is 0 Å². The van der Waals surface area contributed by atoms with Gasteiger partial charge in [0.1, 0.15) is 0 Å². The fourth-order valence-electron chi connectivity index (χ4n) is 0.713. The number of halogens is 6. The average Bonchev–Trinajstić information content (AvgIpc) is 2.46. The zero-order chi connectivity index (χ0) is 11.7. The summed E-state index contributed by atoms with van der Waals surface area (Å²) in [5, 5.41) is 0. The Hall–Kier alpha value is 0.280. The standard InChI is InChI=1S/C5H5F6O2PS/c6-4(7,8)3(5(9,10)11)13-14-12-1-2-15-14/h3H,1-2H2. The fourth-order valence-corrected chi connectivity index (χ4v) is 3.55. The monoisotopic (exact) mass is 274 g/mol. The van der Waals surface area contributed by atoms with Crippen LogP contribution in [0, 0.1) is 0 Å². The van der Waals surface area contributed by atoms with Crippen LogP contribution in [0.5, 0.6) is 0 Å². The second-order valence-corrected chi connectivity index (χ2v) is 5.71. The van der Waals surface area contributed by atoms with Crippen LogP contribution in [0.2, 0.25) is 0 Å². The van der Waals surface area contributed by atoms with Crippen molar-refractivity contribution in [3.8, 4) is 0 Å². The highest BCUT2D eigenvalue weighted by atomic mass is 32.7. The molecule has 0 radical (unpaired) electrons. The summed E-state index contributed by atoms with van der Waals surface area (Å²) in [4.78, 5) is 0. The van der Waals surface area contributed by atoms with E-state index in [2.05, 4.69) is 9.05 Å². The second kappa shape index (κ2) is 4.65. The van der Waals surface area contributed by atoms with E-state index < -0.39 is 26.0 Å². The molecular weight excluding hydrogens is 269 g/mol. The average molecular weight is 274 g/mol. The topological polar surface area (TPSA) is 18.5 Å². The van der Waals surface area contributed by atoms with Gasteiger partial charge in [-0.25, -0.2) is 0 Å². The third-order valence-electron chi connectivity index (χ3n) is 1.26. The van der Waals surface area contributed by atoms with Gasteiger partial charge in [-0.2, -0.15) is 26.3 Å². The van der Waals surface area contributed by atoms with Crippen LogP contribution in [-0.4, -0.2) is 30.8 Å². The van der Waals surface area contributed by atoms with Crippen molar-refractivity contribution >= 4 is 19.0 Å². The first-order valence-electron chi connectivity index (χ1n) is 3.57. The Labute approximate surface area is 86.0 Å². The van der Waals surface area contributed by atoms with Gasteiger partial charge in [0.2, 0.25) is 7.58 Å². The molecule has 90 valence electrons. The molecule has 0 aromatic rings. The lowest BCUT2D eigenvalue weighted by Crippen LogP contribution is -2.43. The summed E-state index contributed by atoms with van der Waals surface area (Å²) in [6, 6.07) is 0. The lowest BCUT2D eigenvalue weighted by atomic mass is 10.3. The maximum Gasteiger partial charge on any atom is 0.424 e. The van der Waals surface area contributed by atoms with Crippen molar-refractivity contribution in [1.29, 1.82) is 0 Å². The highest BCUT2D eigenvalue weighted by Gasteiger charge is 2.59. The number of rotatable bonds is 2. The molecule has 1 aliphatic heterocycles. The molecule has 0 bridgehead atoms. The summed E-state index contributed by atoms with van der Waals surface area (Å²) in [5.41, 5.74) is 0. The lowest BCUT2D eigenvalue weighted by Gasteiger charge is -2.24. The van der Waals surface area contributed by atoms with E-state index in [0.29, 0.717) is 5.75 Å². The summed E-state index contributed by atoms with van der Waals surface area (Å²) >= 11 is 0.823. The van der Waals surface area contributed by atoms with Gasteiger partial charge in [-0.05, 0) is 0 Å². The predicted octanol–water partition coefficient (Wildman–Crippen LogP) is 3.49. The minimum absolute atomic E-state index is 0.110. The molecule has 0 aromatic carbocycles. The molecule has 0 aliphatic carbocycles. The molecule has 15 heavy (non-hydrogen) atoms. The zero-order valence-electron chi connectivity index (χ0n) is 6.93. The Balaban J connectivity index is 2.65. The van der Waals surface area contributed by atoms with E-state index in [1.165, 1.54) is 0 Å². The summed E-state index contributed by atoms with van der Waals surface area (Å²) in [7, 11) is -2.14. The predicted molar refractivity (Wildman–Crippen MR) is 42.3 cm³/mol. The molecule has 0 amide bonds. The molecule has 0 aromatic heterocycles. The molecule has 0 saturated carbocycles. The van der Waals surface area contributed by atoms with Gasteiger partial charge in [0, 0.05) is 5.75 Å². The van der Waals surface area contributed by atoms with Gasteiger partial charge in [-0.3, -0.25) is 0 Å². The van der Waals surface area contributed by atoms with E-state index in [1.54, 1.807) is 0 Å². The fraction of sp³-hybridized carbons (Fsp3) is 1.00. The zero-order valence-corrected chi connectivity index (χ0v) is 8.64. The van der Waals surface area contributed by atoms with Crippen molar-refractivity contribution in [2.45, 2.75) is 18.5 Å². The molecule has 1 atom stereocenters. The Morgan fingerprint density at radius 3 is 2.00 bits per heavy atom. The van der Waals surface area contributed by atoms with Gasteiger partial charge in [0.05, 0.1) is 6.61 Å². The van der Waals surface area contributed by atoms with Gasteiger partial charge in [-0.15, -0.1) is 0 Å². The highest BCUT2D eigenvalue weighted by molar-refractivity contribution is 8.53. The van der Waals surface area contributed by atoms with E-state index in [4.69, 9.17) is 0 Å². The van der Waals surface area contributed by atoms with E-state index in [-0.39, 0.29) is 6.61 Å². The smallest absolute Gasteiger partial charge is 0.325 e. The van der Waals surface area contributed by atoms with Crippen molar-refractivity contribution < 1.29 is 35.4 Å². The molecule has 1 aliphatic rings. The van der Waals surface area contributed by atoms with E-state index in [0.717, 1.165) is 11.4 Å². The SMILES string of the molecule is FC(F)(F)C(OP1OCCS1)C(F)(F)F. The van der Waals surface area contributed by atoms with Gasteiger partial charge in [-0.1, -0.05) is 11.4 Å². The first kappa shape index (κ1) is 13.3. The van der Waals surface area contributed by atoms with Crippen molar-refractivity contribution in [2.24, 2.45) is 0 Å². The maximum absolute atomic E-state index is 12.0. The number of hydrogen-bond acceptors (Lipinski definition) is 3. The van der Waals surface area contributed by atoms with Crippen LogP contribution >= 0.6 is 19.0 Å². The summed E-state index contributed by atoms with van der Waals surface area (Å²) in [6.45, 7) is 0.110. The Bertz CT molecular complexity index is 199. The van der Waals surface area contributed by atoms with Crippen LogP contribution in [0.15, 0.2) is 0 Å². The van der Waals surface area contributed by atoms with Gasteiger partial charge in [0.15, 0.2) is 0 Å². The summed E-state index contributed by atoms with van der Waals surface area (Å²) in [5.74, 6) is 0.341. The quantitative estimate of drug-likeness (QED) is 0.567. The van der Waals surface area contributed by atoms with Crippen LogP contribution in [0.3, 0.4) is 0 Å². The second-order valence-electron chi connectivity index (χ2n) is 2.46. The molecule has 1 unspecified atom stereocenters. The van der Waals surface area contributed by atoms with Gasteiger partial charge in [0.25, 0.3) is 6.10 Å². The Morgan fingerprint density at radius 1 is 1.13 bits per heavy atom. The minimum atomic E-state index is -5.47. The third-order valence-corrected chi connectivity index (χ3v) is 4.35. The van der Waals surface area contributed by atoms with Crippen molar-refractivity contribution in [2.75, 3.05) is 12.4 Å². The van der Waals surface area contributed by atoms with Crippen molar-refractivity contribution in [1.82, 2.24) is 0 Å². The van der Waals surface area contributed by atoms with Crippen molar-refractivity contribution in [3.63, 3.8) is 0 Å². The van der Waals surface area contributed by atoms with Gasteiger partial charge < -0.3 is 9.05 Å². The molecular formula is C5H5F6O2PS. The molecule has 1 saturated heterocycles. The molecule has 1 heterocycles. The first-order valence-corrected chi connectivity index (χ1v) is 6.34. The lowest BCUT2D eigenvalue weighted by molar-refractivity contribution is -0.299. The summed E-state index contributed by atoms with van der Waals surface area (Å²) in [6.07, 6.45) is -14.7. The van der Waals surface area contributed by atoms with Crippen LogP contribution < -0.4 is 0 Å². The molecule has 0 spiro atoms. The molecule has 10 heteroatoms. The van der Waals surface area contributed by atoms with E-state index in [1.807, 2.05) is 0 Å². The van der Waals surface area contributed by atoms with Crippen LogP contribution in [0.1, 0.15) is 0 Å². The molecule has 0 N–H and O–H groups in total. The van der Waals surface area contributed by atoms with Gasteiger partial charge >= 0.3 is 12.4 Å². The highest BCUT2D eigenvalue weighted by Crippen LogP contribution is 2.59. The van der Waals surface area contributed by atoms with E-state index in [9.17, 15) is 26.3 Å². The molecule has 1 rings (SSSR count). The minimum Gasteiger partial charge on any atom is -0.325 e. The Morgan fingerprint density at radius 2 is 1.67 bits per heavy atom. The molecule has 2 nitrogen and oxygen atoms in total. The summed E-state index contributed by atoms with van der Waals surface area (Å²) < 4.78 is 80.3. The first-order chi connectivity index (χ1) is 6.71. The molecule has 1 fully saturated rings. The normalized spacial score (nSPS) is 23.8. The number of alkyl halides is 6. The largest absolute Gasteiger partial charge is 0.424 e. The van der Waals surface area contributed by atoms with Crippen LogP contribution in [0.4, 0.5) is 26.3 Å². The maximum atomic E-state index is 12.0. The number of hydrogen-bond donors (Lipinski definition) is 0.